The number of carboxylic acid groups (broad SMARTS) is 1. The van der Waals surface area contributed by atoms with E-state index in [0.29, 0.717) is 10.6 Å². The number of rotatable bonds is 8. The highest BCUT2D eigenvalue weighted by molar-refractivity contribution is 6.30. The first-order valence-corrected chi connectivity index (χ1v) is 11.0. The minimum Gasteiger partial charge on any atom is -0.481 e. The van der Waals surface area contributed by atoms with Crippen LogP contribution in [0.5, 0.6) is 0 Å². The zero-order valence-corrected chi connectivity index (χ0v) is 18.5. The molecule has 3 aromatic rings. The number of para-hydroxylation sites is 1. The Morgan fingerprint density at radius 2 is 1.85 bits per heavy atom. The molecule has 0 bridgehead atoms. The maximum atomic E-state index is 13.8. The molecule has 1 heterocycles. The van der Waals surface area contributed by atoms with E-state index in [2.05, 4.69) is 10.3 Å². The van der Waals surface area contributed by atoms with Crippen molar-refractivity contribution in [2.24, 2.45) is 5.41 Å². The number of aliphatic carboxylic acids is 1. The number of H-pyrrole nitrogens is 1. The van der Waals surface area contributed by atoms with E-state index in [9.17, 15) is 19.5 Å². The average Bonchev–Trinajstić information content (AvgIpc) is 3.21. The Labute approximate surface area is 196 Å². The minimum absolute atomic E-state index is 0.223. The Balaban J connectivity index is 1.69. The van der Waals surface area contributed by atoms with E-state index >= 15 is 0 Å². The van der Waals surface area contributed by atoms with Gasteiger partial charge in [-0.25, -0.2) is 0 Å². The van der Waals surface area contributed by atoms with Gasteiger partial charge >= 0.3 is 5.97 Å². The largest absolute Gasteiger partial charge is 0.481 e. The highest BCUT2D eigenvalue weighted by Gasteiger charge is 2.42. The molecule has 1 aliphatic carbocycles. The van der Waals surface area contributed by atoms with Gasteiger partial charge in [-0.3, -0.25) is 14.4 Å². The summed E-state index contributed by atoms with van der Waals surface area (Å²) in [6.45, 7) is 0. The summed E-state index contributed by atoms with van der Waals surface area (Å²) in [5, 5.41) is 13.8. The van der Waals surface area contributed by atoms with E-state index in [1.165, 1.54) is 0 Å². The molecule has 0 fully saturated rings. The van der Waals surface area contributed by atoms with Gasteiger partial charge in [0, 0.05) is 34.1 Å². The SMILES string of the molecule is O=C(O)CC1(C(=O)[C@H](Cc2c[nH]c3ccccc23)NC(=O)c2ccc(Cl)cc2)C=CC=CC1. The third kappa shape index (κ3) is 4.91. The topological polar surface area (TPSA) is 99.3 Å². The van der Waals surface area contributed by atoms with Gasteiger partial charge in [-0.1, -0.05) is 54.1 Å². The number of halogens is 1. The number of Topliss-reactive ketones (excluding diaryl/α,β-unsaturated/α-hetero) is 1. The Hall–Kier alpha value is -3.64. The fraction of sp³-hybridized carbons (Fsp3) is 0.192. The van der Waals surface area contributed by atoms with Crippen molar-refractivity contribution >= 4 is 40.2 Å². The molecule has 1 unspecified atom stereocenters. The number of amides is 1. The number of hydrogen-bond acceptors (Lipinski definition) is 3. The van der Waals surface area contributed by atoms with Gasteiger partial charge in [0.15, 0.2) is 5.78 Å². The molecular weight excluding hydrogens is 440 g/mol. The first-order valence-electron chi connectivity index (χ1n) is 10.6. The molecule has 0 radical (unpaired) electrons. The summed E-state index contributed by atoms with van der Waals surface area (Å²) in [7, 11) is 0. The van der Waals surface area contributed by atoms with Crippen LogP contribution in [-0.4, -0.2) is 33.8 Å². The van der Waals surface area contributed by atoms with Crippen molar-refractivity contribution in [3.8, 4) is 0 Å². The van der Waals surface area contributed by atoms with Gasteiger partial charge in [-0.05, 0) is 42.3 Å². The molecule has 1 aliphatic rings. The summed E-state index contributed by atoms with van der Waals surface area (Å²) in [6.07, 6.45) is 8.85. The van der Waals surface area contributed by atoms with E-state index in [1.54, 1.807) is 48.6 Å². The van der Waals surface area contributed by atoms with Gasteiger partial charge in [0.25, 0.3) is 5.91 Å². The predicted octanol–water partition coefficient (Wildman–Crippen LogP) is 4.71. The molecule has 6 nitrogen and oxygen atoms in total. The summed E-state index contributed by atoms with van der Waals surface area (Å²) in [5.41, 5.74) is 0.914. The van der Waals surface area contributed by atoms with Crippen molar-refractivity contribution in [2.75, 3.05) is 0 Å². The predicted molar refractivity (Wildman–Crippen MR) is 127 cm³/mol. The molecular formula is C26H23ClN2O4. The van der Waals surface area contributed by atoms with Gasteiger partial charge in [0.05, 0.1) is 17.9 Å². The fourth-order valence-corrected chi connectivity index (χ4v) is 4.38. The highest BCUT2D eigenvalue weighted by atomic mass is 35.5. The monoisotopic (exact) mass is 462 g/mol. The number of benzene rings is 2. The number of carbonyl (C=O) groups is 3. The van der Waals surface area contributed by atoms with Gasteiger partial charge in [0.2, 0.25) is 0 Å². The van der Waals surface area contributed by atoms with Crippen molar-refractivity contribution < 1.29 is 19.5 Å². The summed E-state index contributed by atoms with van der Waals surface area (Å²) >= 11 is 5.93. The van der Waals surface area contributed by atoms with Crippen LogP contribution in [0.4, 0.5) is 0 Å². The van der Waals surface area contributed by atoms with Crippen LogP contribution in [0.1, 0.15) is 28.8 Å². The maximum Gasteiger partial charge on any atom is 0.304 e. The standard InChI is InChI=1S/C26H23ClN2O4/c27-19-10-8-17(9-11-19)25(33)29-22(14-18-16-28-21-7-3-2-6-20(18)21)24(32)26(15-23(30)31)12-4-1-5-13-26/h1-12,16,22,28H,13-15H2,(H,29,33)(H,30,31)/t22-,26?/m0/s1. The molecule has 168 valence electrons. The van der Waals surface area contributed by atoms with Crippen LogP contribution in [-0.2, 0) is 16.0 Å². The van der Waals surface area contributed by atoms with Crippen LogP contribution >= 0.6 is 11.6 Å². The Bertz CT molecular complexity index is 1260. The van der Waals surface area contributed by atoms with Crippen LogP contribution in [0.25, 0.3) is 10.9 Å². The quantitative estimate of drug-likeness (QED) is 0.451. The lowest BCUT2D eigenvalue weighted by Crippen LogP contribution is -2.49. The Kier molecular flexibility index (Phi) is 6.47. The van der Waals surface area contributed by atoms with Gasteiger partial charge in [-0.2, -0.15) is 0 Å². The first-order chi connectivity index (χ1) is 15.9. The van der Waals surface area contributed by atoms with Crippen molar-refractivity contribution in [1.82, 2.24) is 10.3 Å². The third-order valence-electron chi connectivity index (χ3n) is 5.93. The lowest BCUT2D eigenvalue weighted by Gasteiger charge is -2.32. The molecule has 3 N–H and O–H groups in total. The number of carboxylic acids is 1. The van der Waals surface area contributed by atoms with Crippen molar-refractivity contribution in [1.29, 1.82) is 0 Å². The zero-order valence-electron chi connectivity index (χ0n) is 17.8. The summed E-state index contributed by atoms with van der Waals surface area (Å²) < 4.78 is 0. The number of carbonyl (C=O) groups excluding carboxylic acids is 2. The van der Waals surface area contributed by atoms with Crippen LogP contribution in [0.15, 0.2) is 79.0 Å². The number of fused-ring (bicyclic) bond motifs is 1. The molecule has 1 amide bonds. The second kappa shape index (κ2) is 9.46. The summed E-state index contributed by atoms with van der Waals surface area (Å²) in [5.74, 6) is -1.83. The first kappa shape index (κ1) is 22.6. The molecule has 4 rings (SSSR count). The second-order valence-corrected chi connectivity index (χ2v) is 8.62. The molecule has 33 heavy (non-hydrogen) atoms. The molecule has 0 saturated heterocycles. The molecule has 0 spiro atoms. The number of hydrogen-bond donors (Lipinski definition) is 3. The lowest BCUT2D eigenvalue weighted by molar-refractivity contribution is -0.143. The van der Waals surface area contributed by atoms with E-state index in [0.717, 1.165) is 16.5 Å². The molecule has 1 aromatic heterocycles. The summed E-state index contributed by atoms with van der Waals surface area (Å²) in [6, 6.07) is 13.1. The normalized spacial score (nSPS) is 18.2. The van der Waals surface area contributed by atoms with E-state index in [-0.39, 0.29) is 25.0 Å². The lowest BCUT2D eigenvalue weighted by atomic mass is 9.72. The molecule has 0 aliphatic heterocycles. The Morgan fingerprint density at radius 3 is 2.55 bits per heavy atom. The molecule has 2 aromatic carbocycles. The smallest absolute Gasteiger partial charge is 0.304 e. The van der Waals surface area contributed by atoms with Crippen molar-refractivity contribution in [3.63, 3.8) is 0 Å². The van der Waals surface area contributed by atoms with Crippen molar-refractivity contribution in [3.05, 3.63) is 95.2 Å². The van der Waals surface area contributed by atoms with Crippen LogP contribution in [0.3, 0.4) is 0 Å². The number of aromatic nitrogens is 1. The van der Waals surface area contributed by atoms with E-state index in [4.69, 9.17) is 11.6 Å². The van der Waals surface area contributed by atoms with Crippen LogP contribution in [0.2, 0.25) is 5.02 Å². The van der Waals surface area contributed by atoms with Crippen LogP contribution < -0.4 is 5.32 Å². The van der Waals surface area contributed by atoms with Gasteiger partial charge in [-0.15, -0.1) is 0 Å². The zero-order chi connectivity index (χ0) is 23.4. The second-order valence-electron chi connectivity index (χ2n) is 8.18. The van der Waals surface area contributed by atoms with E-state index < -0.39 is 23.3 Å². The number of aromatic amines is 1. The van der Waals surface area contributed by atoms with Gasteiger partial charge < -0.3 is 15.4 Å². The number of allylic oxidation sites excluding steroid dienone is 4. The minimum atomic E-state index is -1.23. The molecule has 7 heteroatoms. The van der Waals surface area contributed by atoms with Crippen molar-refractivity contribution in [2.45, 2.75) is 25.3 Å². The van der Waals surface area contributed by atoms with E-state index in [1.807, 2.05) is 30.5 Å². The fourth-order valence-electron chi connectivity index (χ4n) is 4.26. The maximum absolute atomic E-state index is 13.8. The molecule has 2 atom stereocenters. The van der Waals surface area contributed by atoms with Crippen LogP contribution in [0, 0.1) is 5.41 Å². The molecule has 0 saturated carbocycles. The third-order valence-corrected chi connectivity index (χ3v) is 6.18. The van der Waals surface area contributed by atoms with Gasteiger partial charge in [0.1, 0.15) is 0 Å². The number of nitrogens with one attached hydrogen (secondary N) is 2. The average molecular weight is 463 g/mol. The summed E-state index contributed by atoms with van der Waals surface area (Å²) in [4.78, 5) is 41.7. The highest BCUT2D eigenvalue weighted by Crippen LogP contribution is 2.35. The Morgan fingerprint density at radius 1 is 1.09 bits per heavy atom. The number of ketones is 1.